The molecule has 0 fully saturated rings. The first-order valence-electron chi connectivity index (χ1n) is 8.40. The number of nitrogens with zero attached hydrogens (tertiary/aromatic N) is 1. The normalized spacial score (nSPS) is 11.7. The third-order valence-corrected chi connectivity index (χ3v) is 4.81. The minimum atomic E-state index is -0.0836. The molecule has 0 saturated heterocycles. The zero-order valence-corrected chi connectivity index (χ0v) is 16.2. The van der Waals surface area contributed by atoms with Crippen LogP contribution in [0.3, 0.4) is 0 Å². The fourth-order valence-corrected chi connectivity index (χ4v) is 3.01. The molecule has 0 radical (unpaired) electrons. The van der Waals surface area contributed by atoms with Crippen LogP contribution in [0.4, 0.5) is 0 Å². The SMILES string of the molecule is Cc1ccc(CSCC(=O)N/N=C\c2ccc(C(C)(C)C)cc2)cc1. The van der Waals surface area contributed by atoms with E-state index in [1.54, 1.807) is 18.0 Å². The molecule has 0 unspecified atom stereocenters. The zero-order chi connectivity index (χ0) is 18.3. The van der Waals surface area contributed by atoms with E-state index in [0.717, 1.165) is 11.3 Å². The second-order valence-corrected chi connectivity index (χ2v) is 8.13. The summed E-state index contributed by atoms with van der Waals surface area (Å²) in [5, 5.41) is 4.03. The Labute approximate surface area is 154 Å². The number of amides is 1. The molecule has 2 rings (SSSR count). The summed E-state index contributed by atoms with van der Waals surface area (Å²) in [6.45, 7) is 8.62. The summed E-state index contributed by atoms with van der Waals surface area (Å²) in [6.07, 6.45) is 1.68. The van der Waals surface area contributed by atoms with Gasteiger partial charge in [0.05, 0.1) is 12.0 Å². The smallest absolute Gasteiger partial charge is 0.250 e. The van der Waals surface area contributed by atoms with Crippen LogP contribution in [0.5, 0.6) is 0 Å². The van der Waals surface area contributed by atoms with E-state index in [2.05, 4.69) is 74.6 Å². The maximum atomic E-state index is 11.8. The van der Waals surface area contributed by atoms with E-state index in [1.807, 2.05) is 12.1 Å². The Hall–Kier alpha value is -2.07. The topological polar surface area (TPSA) is 41.5 Å². The van der Waals surface area contributed by atoms with E-state index >= 15 is 0 Å². The molecule has 0 aromatic heterocycles. The molecule has 0 bridgehead atoms. The molecule has 1 amide bonds. The van der Waals surface area contributed by atoms with Gasteiger partial charge in [0.15, 0.2) is 0 Å². The molecule has 2 aromatic rings. The monoisotopic (exact) mass is 354 g/mol. The summed E-state index contributed by atoms with van der Waals surface area (Å²) in [6, 6.07) is 16.6. The van der Waals surface area contributed by atoms with E-state index in [1.165, 1.54) is 16.7 Å². The van der Waals surface area contributed by atoms with Gasteiger partial charge >= 0.3 is 0 Å². The first-order chi connectivity index (χ1) is 11.8. The van der Waals surface area contributed by atoms with Gasteiger partial charge in [-0.25, -0.2) is 5.43 Å². The predicted octanol–water partition coefficient (Wildman–Crippen LogP) is 4.68. The van der Waals surface area contributed by atoms with Crippen LogP contribution in [0.2, 0.25) is 0 Å². The average Bonchev–Trinajstić information content (AvgIpc) is 2.56. The Morgan fingerprint density at radius 2 is 1.72 bits per heavy atom. The molecule has 0 aliphatic carbocycles. The molecule has 3 nitrogen and oxygen atoms in total. The third-order valence-electron chi connectivity index (χ3n) is 3.80. The van der Waals surface area contributed by atoms with Crippen LogP contribution < -0.4 is 5.43 Å². The molecular weight excluding hydrogens is 328 g/mol. The Balaban J connectivity index is 1.73. The fraction of sp³-hybridized carbons (Fsp3) is 0.333. The molecule has 0 aliphatic heterocycles. The van der Waals surface area contributed by atoms with Crippen LogP contribution in [0.15, 0.2) is 53.6 Å². The van der Waals surface area contributed by atoms with Crippen molar-refractivity contribution in [2.24, 2.45) is 5.10 Å². The van der Waals surface area contributed by atoms with Gasteiger partial charge in [-0.1, -0.05) is 74.9 Å². The van der Waals surface area contributed by atoms with E-state index < -0.39 is 0 Å². The second-order valence-electron chi connectivity index (χ2n) is 7.14. The van der Waals surface area contributed by atoms with Crippen LogP contribution in [-0.2, 0) is 16.0 Å². The lowest BCUT2D eigenvalue weighted by Gasteiger charge is -2.18. The maximum absolute atomic E-state index is 11.8. The largest absolute Gasteiger partial charge is 0.272 e. The molecule has 0 saturated carbocycles. The quantitative estimate of drug-likeness (QED) is 0.605. The number of hydrogen-bond donors (Lipinski definition) is 1. The number of aryl methyl sites for hydroxylation is 1. The van der Waals surface area contributed by atoms with Gasteiger partial charge in [-0.05, 0) is 29.0 Å². The lowest BCUT2D eigenvalue weighted by atomic mass is 9.87. The highest BCUT2D eigenvalue weighted by atomic mass is 32.2. The first-order valence-corrected chi connectivity index (χ1v) is 9.56. The van der Waals surface area contributed by atoms with Crippen molar-refractivity contribution in [3.63, 3.8) is 0 Å². The minimum absolute atomic E-state index is 0.0836. The molecule has 1 N–H and O–H groups in total. The van der Waals surface area contributed by atoms with E-state index in [9.17, 15) is 4.79 Å². The number of carbonyl (C=O) groups excluding carboxylic acids is 1. The number of hydrogen-bond acceptors (Lipinski definition) is 3. The van der Waals surface area contributed by atoms with E-state index in [0.29, 0.717) is 5.75 Å². The predicted molar refractivity (Wildman–Crippen MR) is 108 cm³/mol. The van der Waals surface area contributed by atoms with Crippen LogP contribution in [0.25, 0.3) is 0 Å². The molecule has 0 aliphatic rings. The van der Waals surface area contributed by atoms with Crippen molar-refractivity contribution in [3.8, 4) is 0 Å². The van der Waals surface area contributed by atoms with Crippen molar-refractivity contribution in [2.75, 3.05) is 5.75 Å². The minimum Gasteiger partial charge on any atom is -0.272 e. The summed E-state index contributed by atoms with van der Waals surface area (Å²) in [7, 11) is 0. The molecule has 25 heavy (non-hydrogen) atoms. The highest BCUT2D eigenvalue weighted by molar-refractivity contribution is 7.99. The van der Waals surface area contributed by atoms with Crippen molar-refractivity contribution >= 4 is 23.9 Å². The maximum Gasteiger partial charge on any atom is 0.250 e. The van der Waals surface area contributed by atoms with Crippen molar-refractivity contribution in [2.45, 2.75) is 38.9 Å². The Morgan fingerprint density at radius 3 is 2.32 bits per heavy atom. The second kappa shape index (κ2) is 8.86. The van der Waals surface area contributed by atoms with Gasteiger partial charge in [0.25, 0.3) is 0 Å². The molecule has 132 valence electrons. The number of rotatable bonds is 6. The molecule has 0 spiro atoms. The number of nitrogens with one attached hydrogen (secondary N) is 1. The van der Waals surface area contributed by atoms with Gasteiger partial charge in [-0.3, -0.25) is 4.79 Å². The fourth-order valence-electron chi connectivity index (χ4n) is 2.23. The average molecular weight is 355 g/mol. The lowest BCUT2D eigenvalue weighted by Crippen LogP contribution is -2.19. The highest BCUT2D eigenvalue weighted by Crippen LogP contribution is 2.21. The number of thioether (sulfide) groups is 1. The number of benzene rings is 2. The van der Waals surface area contributed by atoms with Gasteiger partial charge in [0.2, 0.25) is 5.91 Å². The van der Waals surface area contributed by atoms with Crippen molar-refractivity contribution < 1.29 is 4.79 Å². The summed E-state index contributed by atoms with van der Waals surface area (Å²) in [5.41, 5.74) is 7.44. The first kappa shape index (κ1) is 19.3. The van der Waals surface area contributed by atoms with Crippen LogP contribution in [0, 0.1) is 6.92 Å². The standard InChI is InChI=1S/C21H26N2OS/c1-16-5-7-18(8-6-16)14-25-15-20(24)23-22-13-17-9-11-19(12-10-17)21(2,3)4/h5-13H,14-15H2,1-4H3,(H,23,24)/b22-13-. The van der Waals surface area contributed by atoms with Crippen molar-refractivity contribution in [1.29, 1.82) is 0 Å². The third kappa shape index (κ3) is 6.75. The highest BCUT2D eigenvalue weighted by Gasteiger charge is 2.12. The van der Waals surface area contributed by atoms with Crippen molar-refractivity contribution in [3.05, 3.63) is 70.8 Å². The van der Waals surface area contributed by atoms with Gasteiger partial charge in [-0.2, -0.15) is 5.10 Å². The van der Waals surface area contributed by atoms with E-state index in [-0.39, 0.29) is 11.3 Å². The Kier molecular flexibility index (Phi) is 6.82. The summed E-state index contributed by atoms with van der Waals surface area (Å²) < 4.78 is 0. The van der Waals surface area contributed by atoms with Gasteiger partial charge in [0, 0.05) is 5.75 Å². The Morgan fingerprint density at radius 1 is 1.08 bits per heavy atom. The molecule has 0 atom stereocenters. The van der Waals surface area contributed by atoms with Gasteiger partial charge < -0.3 is 0 Å². The van der Waals surface area contributed by atoms with E-state index in [4.69, 9.17) is 0 Å². The number of hydrazone groups is 1. The van der Waals surface area contributed by atoms with Crippen LogP contribution in [-0.4, -0.2) is 17.9 Å². The van der Waals surface area contributed by atoms with Gasteiger partial charge in [-0.15, -0.1) is 11.8 Å². The molecule has 2 aromatic carbocycles. The zero-order valence-electron chi connectivity index (χ0n) is 15.4. The summed E-state index contributed by atoms with van der Waals surface area (Å²) in [4.78, 5) is 11.8. The Bertz CT molecular complexity index is 713. The lowest BCUT2D eigenvalue weighted by molar-refractivity contribution is -0.118. The van der Waals surface area contributed by atoms with Gasteiger partial charge in [0.1, 0.15) is 0 Å². The molecule has 4 heteroatoms. The molecular formula is C21H26N2OS. The number of carbonyl (C=O) groups is 1. The summed E-state index contributed by atoms with van der Waals surface area (Å²) in [5.74, 6) is 1.14. The van der Waals surface area contributed by atoms with Crippen molar-refractivity contribution in [1.82, 2.24) is 5.43 Å². The summed E-state index contributed by atoms with van der Waals surface area (Å²) >= 11 is 1.59. The van der Waals surface area contributed by atoms with Crippen LogP contribution in [0.1, 0.15) is 43.0 Å². The van der Waals surface area contributed by atoms with Crippen LogP contribution >= 0.6 is 11.8 Å². The molecule has 0 heterocycles.